The minimum absolute atomic E-state index is 0.0601. The summed E-state index contributed by atoms with van der Waals surface area (Å²) in [5, 5.41) is 4.07. The summed E-state index contributed by atoms with van der Waals surface area (Å²) in [6.45, 7) is 0.683. The van der Waals surface area contributed by atoms with E-state index in [-0.39, 0.29) is 39.1 Å². The molecule has 2 fully saturated rings. The smallest absolute Gasteiger partial charge is 0.377 e. The van der Waals surface area contributed by atoms with Crippen LogP contribution in [-0.4, -0.2) is 70.4 Å². The molecule has 0 bridgehead atoms. The molecular formula is C16H21F3N4O3. The Hall–Kier alpha value is -2.10. The number of hydrogen-bond donors (Lipinski definition) is 0. The van der Waals surface area contributed by atoms with E-state index in [1.807, 2.05) is 0 Å². The molecule has 0 aromatic carbocycles. The van der Waals surface area contributed by atoms with Gasteiger partial charge in [-0.2, -0.15) is 18.3 Å². The average Bonchev–Trinajstić information content (AvgIpc) is 3.05. The second-order valence-corrected chi connectivity index (χ2v) is 6.58. The third-order valence-corrected chi connectivity index (χ3v) is 5.02. The second kappa shape index (κ2) is 7.26. The maximum Gasteiger partial charge on any atom is 0.391 e. The van der Waals surface area contributed by atoms with Gasteiger partial charge in [-0.15, -0.1) is 0 Å². The van der Waals surface area contributed by atoms with Gasteiger partial charge in [-0.05, 0) is 18.9 Å². The van der Waals surface area contributed by atoms with Gasteiger partial charge in [0.15, 0.2) is 0 Å². The van der Waals surface area contributed by atoms with Gasteiger partial charge in [0.1, 0.15) is 0 Å². The molecule has 7 nitrogen and oxygen atoms in total. The van der Waals surface area contributed by atoms with Gasteiger partial charge in [0.25, 0.3) is 0 Å². The summed E-state index contributed by atoms with van der Waals surface area (Å²) in [6, 6.07) is 1.30. The number of halogens is 3. The fraction of sp³-hybridized carbons (Fsp3) is 0.688. The highest BCUT2D eigenvalue weighted by atomic mass is 19.4. The number of aryl methyl sites for hydroxylation is 1. The van der Waals surface area contributed by atoms with Crippen LogP contribution in [0.15, 0.2) is 12.3 Å². The van der Waals surface area contributed by atoms with E-state index in [4.69, 9.17) is 4.74 Å². The molecule has 2 aliphatic heterocycles. The molecule has 0 spiro atoms. The molecule has 0 saturated carbocycles. The van der Waals surface area contributed by atoms with Gasteiger partial charge in [-0.1, -0.05) is 0 Å². The second-order valence-electron chi connectivity index (χ2n) is 6.58. The molecule has 1 unspecified atom stereocenters. The zero-order valence-electron chi connectivity index (χ0n) is 14.4. The van der Waals surface area contributed by atoms with Crippen LogP contribution >= 0.6 is 0 Å². The molecule has 0 N–H and O–H groups in total. The number of hydrogen-bond acceptors (Lipinski definition) is 4. The van der Waals surface area contributed by atoms with Crippen LogP contribution in [-0.2, 0) is 21.4 Å². The van der Waals surface area contributed by atoms with Crippen molar-refractivity contribution < 1.29 is 27.5 Å². The van der Waals surface area contributed by atoms with E-state index in [9.17, 15) is 22.8 Å². The number of carbonyl (C=O) groups is 2. The maximum atomic E-state index is 12.8. The first-order valence-electron chi connectivity index (χ1n) is 8.51. The number of carbonyl (C=O) groups excluding carboxylic acids is 2. The lowest BCUT2D eigenvalue weighted by molar-refractivity contribution is -0.187. The summed E-state index contributed by atoms with van der Waals surface area (Å²) >= 11 is 0. The quantitative estimate of drug-likeness (QED) is 0.691. The number of nitrogens with zero attached hydrogens (tertiary/aromatic N) is 4. The van der Waals surface area contributed by atoms with E-state index in [2.05, 4.69) is 5.10 Å². The summed E-state index contributed by atoms with van der Waals surface area (Å²) in [4.78, 5) is 27.9. The van der Waals surface area contributed by atoms with Crippen molar-refractivity contribution in [2.45, 2.75) is 25.1 Å². The Balaban J connectivity index is 1.68. The van der Waals surface area contributed by atoms with Gasteiger partial charge in [-0.3, -0.25) is 14.3 Å². The zero-order chi connectivity index (χ0) is 18.9. The standard InChI is InChI=1S/C16H21F3N4O3/c1-21-12(2-5-20-21)13-10-26-9-8-23(13)15(25)14(24)22-6-3-11(4-7-22)16(17,18)19/h2,5,11,13H,3-4,6-10H2,1H3. The summed E-state index contributed by atoms with van der Waals surface area (Å²) < 4.78 is 45.3. The van der Waals surface area contributed by atoms with E-state index in [0.29, 0.717) is 6.61 Å². The Bertz CT molecular complexity index is 668. The number of piperidine rings is 1. The molecule has 1 atom stereocenters. The molecule has 10 heteroatoms. The number of morpholine rings is 1. The van der Waals surface area contributed by atoms with Crippen molar-refractivity contribution in [2.24, 2.45) is 13.0 Å². The number of amides is 2. The van der Waals surface area contributed by atoms with E-state index in [1.165, 1.54) is 9.80 Å². The Morgan fingerprint density at radius 2 is 1.88 bits per heavy atom. The molecule has 1 aromatic rings. The molecule has 3 rings (SSSR count). The van der Waals surface area contributed by atoms with Gasteiger partial charge in [0, 0.05) is 32.9 Å². The molecule has 0 aliphatic carbocycles. The van der Waals surface area contributed by atoms with Gasteiger partial charge in [0.05, 0.1) is 30.9 Å². The van der Waals surface area contributed by atoms with Crippen LogP contribution in [0.4, 0.5) is 13.2 Å². The van der Waals surface area contributed by atoms with E-state index >= 15 is 0 Å². The van der Waals surface area contributed by atoms with E-state index in [0.717, 1.165) is 5.69 Å². The first-order chi connectivity index (χ1) is 12.3. The summed E-state index contributed by atoms with van der Waals surface area (Å²) in [6.07, 6.45) is -3.00. The molecule has 2 saturated heterocycles. The number of rotatable bonds is 1. The highest BCUT2D eigenvalue weighted by Crippen LogP contribution is 2.34. The van der Waals surface area contributed by atoms with Crippen molar-refractivity contribution >= 4 is 11.8 Å². The van der Waals surface area contributed by atoms with Crippen molar-refractivity contribution in [3.63, 3.8) is 0 Å². The lowest BCUT2D eigenvalue weighted by Gasteiger charge is -2.37. The molecule has 2 amide bonds. The van der Waals surface area contributed by atoms with Crippen LogP contribution in [0, 0.1) is 5.92 Å². The molecule has 1 aromatic heterocycles. The monoisotopic (exact) mass is 374 g/mol. The first-order valence-corrected chi connectivity index (χ1v) is 8.51. The normalized spacial score (nSPS) is 22.5. The minimum Gasteiger partial charge on any atom is -0.377 e. The van der Waals surface area contributed by atoms with Crippen molar-refractivity contribution in [1.29, 1.82) is 0 Å². The van der Waals surface area contributed by atoms with Crippen LogP contribution in [0.2, 0.25) is 0 Å². The molecule has 0 radical (unpaired) electrons. The Kier molecular flexibility index (Phi) is 5.22. The third-order valence-electron chi connectivity index (χ3n) is 5.02. The maximum absolute atomic E-state index is 12.8. The van der Waals surface area contributed by atoms with Gasteiger partial charge in [-0.25, -0.2) is 0 Å². The molecule has 2 aliphatic rings. The molecular weight excluding hydrogens is 353 g/mol. The number of likely N-dealkylation sites (tertiary alicyclic amines) is 1. The fourth-order valence-corrected chi connectivity index (χ4v) is 3.47. The fourth-order valence-electron chi connectivity index (χ4n) is 3.47. The van der Waals surface area contributed by atoms with Crippen molar-refractivity contribution in [1.82, 2.24) is 19.6 Å². The summed E-state index contributed by atoms with van der Waals surface area (Å²) in [5.74, 6) is -2.86. The summed E-state index contributed by atoms with van der Waals surface area (Å²) in [5.41, 5.74) is 0.738. The van der Waals surface area contributed by atoms with Crippen LogP contribution in [0.1, 0.15) is 24.6 Å². The Morgan fingerprint density at radius 1 is 1.19 bits per heavy atom. The topological polar surface area (TPSA) is 67.7 Å². The van der Waals surface area contributed by atoms with Gasteiger partial charge in [0.2, 0.25) is 0 Å². The van der Waals surface area contributed by atoms with Crippen LogP contribution < -0.4 is 0 Å². The van der Waals surface area contributed by atoms with Crippen molar-refractivity contribution in [3.05, 3.63) is 18.0 Å². The molecule has 26 heavy (non-hydrogen) atoms. The van der Waals surface area contributed by atoms with E-state index < -0.39 is 30.0 Å². The first kappa shape index (κ1) is 18.7. The van der Waals surface area contributed by atoms with Crippen molar-refractivity contribution in [3.8, 4) is 0 Å². The highest BCUT2D eigenvalue weighted by molar-refractivity contribution is 6.35. The minimum atomic E-state index is -4.26. The van der Waals surface area contributed by atoms with Crippen LogP contribution in [0.5, 0.6) is 0 Å². The average molecular weight is 374 g/mol. The lowest BCUT2D eigenvalue weighted by atomic mass is 9.96. The lowest BCUT2D eigenvalue weighted by Crippen LogP contribution is -2.52. The highest BCUT2D eigenvalue weighted by Gasteiger charge is 2.43. The predicted molar refractivity (Wildman–Crippen MR) is 83.8 cm³/mol. The molecule has 144 valence electrons. The number of ether oxygens (including phenoxy) is 1. The Morgan fingerprint density at radius 3 is 2.46 bits per heavy atom. The van der Waals surface area contributed by atoms with Crippen LogP contribution in [0.25, 0.3) is 0 Å². The summed E-state index contributed by atoms with van der Waals surface area (Å²) in [7, 11) is 1.73. The largest absolute Gasteiger partial charge is 0.391 e. The SMILES string of the molecule is Cn1nccc1C1COCCN1C(=O)C(=O)N1CCC(C(F)(F)F)CC1. The number of alkyl halides is 3. The van der Waals surface area contributed by atoms with Gasteiger partial charge >= 0.3 is 18.0 Å². The third kappa shape index (κ3) is 3.69. The Labute approximate surface area is 148 Å². The van der Waals surface area contributed by atoms with Gasteiger partial charge < -0.3 is 14.5 Å². The molecule has 3 heterocycles. The number of aromatic nitrogens is 2. The zero-order valence-corrected chi connectivity index (χ0v) is 14.4. The van der Waals surface area contributed by atoms with E-state index in [1.54, 1.807) is 24.0 Å². The predicted octanol–water partition coefficient (Wildman–Crippen LogP) is 1.12. The van der Waals surface area contributed by atoms with Crippen LogP contribution in [0.3, 0.4) is 0 Å². The van der Waals surface area contributed by atoms with Crippen molar-refractivity contribution in [2.75, 3.05) is 32.8 Å².